The van der Waals surface area contributed by atoms with Crippen molar-refractivity contribution in [3.05, 3.63) is 29.3 Å². The molecule has 0 bridgehead atoms. The lowest BCUT2D eigenvalue weighted by Crippen LogP contribution is -2.09. The number of carbonyl (C=O) groups is 2. The number of carbonyl (C=O) groups excluding carboxylic acids is 2. The summed E-state index contributed by atoms with van der Waals surface area (Å²) in [6, 6.07) is 5.30. The van der Waals surface area contributed by atoms with Crippen molar-refractivity contribution in [1.82, 2.24) is 0 Å². The molecule has 1 aromatic rings. The Morgan fingerprint density at radius 1 is 1.46 bits per heavy atom. The second-order valence-electron chi connectivity index (χ2n) is 2.84. The minimum atomic E-state index is -0.169. The summed E-state index contributed by atoms with van der Waals surface area (Å²) < 4.78 is 0. The molecule has 0 saturated carbocycles. The predicted molar refractivity (Wildman–Crippen MR) is 50.9 cm³/mol. The van der Waals surface area contributed by atoms with E-state index in [0.717, 1.165) is 11.8 Å². The highest BCUT2D eigenvalue weighted by atomic mass is 16.1. The standard InChI is InChI=1S/C10H11NO2/c1-7-4-3-5-9(6-12)10(7)11-8(2)13/h3-6H,1-2H3,(H,11,13). The zero-order valence-electron chi connectivity index (χ0n) is 7.63. The van der Waals surface area contributed by atoms with Crippen LogP contribution in [0.3, 0.4) is 0 Å². The molecule has 1 rings (SSSR count). The van der Waals surface area contributed by atoms with E-state index in [1.807, 2.05) is 13.0 Å². The molecule has 0 radical (unpaired) electrons. The topological polar surface area (TPSA) is 46.2 Å². The Hall–Kier alpha value is -1.64. The number of aryl methyl sites for hydroxylation is 1. The number of anilines is 1. The van der Waals surface area contributed by atoms with Crippen LogP contribution in [0.1, 0.15) is 22.8 Å². The van der Waals surface area contributed by atoms with E-state index in [0.29, 0.717) is 11.3 Å². The van der Waals surface area contributed by atoms with Gasteiger partial charge in [0.2, 0.25) is 5.91 Å². The summed E-state index contributed by atoms with van der Waals surface area (Å²) in [5.74, 6) is -0.169. The summed E-state index contributed by atoms with van der Waals surface area (Å²) >= 11 is 0. The Balaban J connectivity index is 3.14. The molecular weight excluding hydrogens is 166 g/mol. The van der Waals surface area contributed by atoms with Gasteiger partial charge in [-0.25, -0.2) is 0 Å². The second kappa shape index (κ2) is 3.85. The number of amides is 1. The largest absolute Gasteiger partial charge is 0.325 e. The maximum Gasteiger partial charge on any atom is 0.221 e. The molecule has 13 heavy (non-hydrogen) atoms. The summed E-state index contributed by atoms with van der Waals surface area (Å²) in [6.45, 7) is 3.26. The molecule has 0 aliphatic carbocycles. The third-order valence-corrected chi connectivity index (χ3v) is 1.73. The van der Waals surface area contributed by atoms with E-state index >= 15 is 0 Å². The van der Waals surface area contributed by atoms with E-state index in [1.165, 1.54) is 6.92 Å². The van der Waals surface area contributed by atoms with Gasteiger partial charge in [0.1, 0.15) is 0 Å². The Labute approximate surface area is 76.8 Å². The zero-order valence-corrected chi connectivity index (χ0v) is 7.63. The van der Waals surface area contributed by atoms with Gasteiger partial charge in [0.15, 0.2) is 6.29 Å². The van der Waals surface area contributed by atoms with Gasteiger partial charge < -0.3 is 5.32 Å². The first kappa shape index (κ1) is 9.45. The van der Waals surface area contributed by atoms with Crippen molar-refractivity contribution < 1.29 is 9.59 Å². The summed E-state index contributed by atoms with van der Waals surface area (Å²) in [5.41, 5.74) is 2.00. The Morgan fingerprint density at radius 3 is 2.69 bits per heavy atom. The molecule has 0 aliphatic heterocycles. The van der Waals surface area contributed by atoms with E-state index in [2.05, 4.69) is 5.32 Å². The molecule has 0 aromatic heterocycles. The molecule has 0 heterocycles. The fourth-order valence-electron chi connectivity index (χ4n) is 1.14. The van der Waals surface area contributed by atoms with Crippen LogP contribution in [0.15, 0.2) is 18.2 Å². The molecule has 1 aromatic carbocycles. The predicted octanol–water partition coefficient (Wildman–Crippen LogP) is 1.77. The molecule has 3 heteroatoms. The monoisotopic (exact) mass is 177 g/mol. The molecular formula is C10H11NO2. The van der Waals surface area contributed by atoms with Crippen LogP contribution >= 0.6 is 0 Å². The van der Waals surface area contributed by atoms with Crippen molar-refractivity contribution >= 4 is 17.9 Å². The Bertz CT molecular complexity index is 345. The number of rotatable bonds is 2. The first-order valence-corrected chi connectivity index (χ1v) is 3.97. The number of benzene rings is 1. The van der Waals surface area contributed by atoms with Gasteiger partial charge in [0.05, 0.1) is 5.69 Å². The van der Waals surface area contributed by atoms with Crippen LogP contribution in [0.5, 0.6) is 0 Å². The van der Waals surface area contributed by atoms with Gasteiger partial charge >= 0.3 is 0 Å². The zero-order chi connectivity index (χ0) is 9.84. The number of hydrogen-bond acceptors (Lipinski definition) is 2. The quantitative estimate of drug-likeness (QED) is 0.700. The average Bonchev–Trinajstić information content (AvgIpc) is 2.08. The van der Waals surface area contributed by atoms with Crippen LogP contribution in [0.2, 0.25) is 0 Å². The van der Waals surface area contributed by atoms with E-state index in [-0.39, 0.29) is 5.91 Å². The third-order valence-electron chi connectivity index (χ3n) is 1.73. The molecule has 0 spiro atoms. The lowest BCUT2D eigenvalue weighted by atomic mass is 10.1. The van der Waals surface area contributed by atoms with Gasteiger partial charge in [-0.15, -0.1) is 0 Å². The number of nitrogens with one attached hydrogen (secondary N) is 1. The second-order valence-corrected chi connectivity index (χ2v) is 2.84. The van der Waals surface area contributed by atoms with E-state index in [4.69, 9.17) is 0 Å². The Morgan fingerprint density at radius 2 is 2.15 bits per heavy atom. The van der Waals surface area contributed by atoms with Crippen LogP contribution in [-0.4, -0.2) is 12.2 Å². The van der Waals surface area contributed by atoms with E-state index in [1.54, 1.807) is 12.1 Å². The van der Waals surface area contributed by atoms with Gasteiger partial charge in [0, 0.05) is 12.5 Å². The van der Waals surface area contributed by atoms with E-state index in [9.17, 15) is 9.59 Å². The van der Waals surface area contributed by atoms with Gasteiger partial charge in [-0.3, -0.25) is 9.59 Å². The van der Waals surface area contributed by atoms with Gasteiger partial charge in [-0.05, 0) is 18.6 Å². The fraction of sp³-hybridized carbons (Fsp3) is 0.200. The molecule has 68 valence electrons. The van der Waals surface area contributed by atoms with Crippen LogP contribution in [0.25, 0.3) is 0 Å². The molecule has 0 saturated heterocycles. The highest BCUT2D eigenvalue weighted by Crippen LogP contribution is 2.18. The van der Waals surface area contributed by atoms with Crippen molar-refractivity contribution in [2.75, 3.05) is 5.32 Å². The van der Waals surface area contributed by atoms with E-state index < -0.39 is 0 Å². The lowest BCUT2D eigenvalue weighted by Gasteiger charge is -2.08. The molecule has 0 fully saturated rings. The third kappa shape index (κ3) is 2.15. The van der Waals surface area contributed by atoms with Crippen molar-refractivity contribution in [3.63, 3.8) is 0 Å². The molecule has 0 unspecified atom stereocenters. The van der Waals surface area contributed by atoms with Gasteiger partial charge in [0.25, 0.3) is 0 Å². The minimum absolute atomic E-state index is 0.169. The number of aldehydes is 1. The van der Waals surface area contributed by atoms with Crippen LogP contribution in [0, 0.1) is 6.92 Å². The molecule has 3 nitrogen and oxygen atoms in total. The van der Waals surface area contributed by atoms with Crippen LogP contribution < -0.4 is 5.32 Å². The highest BCUT2D eigenvalue weighted by Gasteiger charge is 2.05. The van der Waals surface area contributed by atoms with Crippen molar-refractivity contribution in [2.24, 2.45) is 0 Å². The van der Waals surface area contributed by atoms with Gasteiger partial charge in [-0.2, -0.15) is 0 Å². The number of hydrogen-bond donors (Lipinski definition) is 1. The summed E-state index contributed by atoms with van der Waals surface area (Å²) in [6.07, 6.45) is 0.734. The average molecular weight is 177 g/mol. The maximum atomic E-state index is 10.8. The maximum absolute atomic E-state index is 10.8. The van der Waals surface area contributed by atoms with Crippen LogP contribution in [0.4, 0.5) is 5.69 Å². The molecule has 1 N–H and O–H groups in total. The SMILES string of the molecule is CC(=O)Nc1c(C)cccc1C=O. The van der Waals surface area contributed by atoms with Crippen molar-refractivity contribution in [3.8, 4) is 0 Å². The minimum Gasteiger partial charge on any atom is -0.325 e. The molecule has 1 amide bonds. The van der Waals surface area contributed by atoms with Crippen LogP contribution in [-0.2, 0) is 4.79 Å². The first-order chi connectivity index (χ1) is 6.15. The normalized spacial score (nSPS) is 9.38. The summed E-state index contributed by atoms with van der Waals surface area (Å²) in [7, 11) is 0. The lowest BCUT2D eigenvalue weighted by molar-refractivity contribution is -0.114. The highest BCUT2D eigenvalue weighted by molar-refractivity contribution is 5.96. The molecule has 0 aliphatic rings. The molecule has 0 atom stereocenters. The Kier molecular flexibility index (Phi) is 2.80. The van der Waals surface area contributed by atoms with Gasteiger partial charge in [-0.1, -0.05) is 12.1 Å². The number of para-hydroxylation sites is 1. The van der Waals surface area contributed by atoms with Crippen molar-refractivity contribution in [1.29, 1.82) is 0 Å². The summed E-state index contributed by atoms with van der Waals surface area (Å²) in [4.78, 5) is 21.4. The smallest absolute Gasteiger partial charge is 0.221 e. The van der Waals surface area contributed by atoms with Crippen molar-refractivity contribution in [2.45, 2.75) is 13.8 Å². The first-order valence-electron chi connectivity index (χ1n) is 3.97. The summed E-state index contributed by atoms with van der Waals surface area (Å²) in [5, 5.41) is 2.62. The fourth-order valence-corrected chi connectivity index (χ4v) is 1.14.